The summed E-state index contributed by atoms with van der Waals surface area (Å²) in [5, 5.41) is 23.1. The number of nitro benzene ring substituents is 1. The zero-order chi connectivity index (χ0) is 21.3. The maximum atomic E-state index is 12.7. The van der Waals surface area contributed by atoms with Crippen LogP contribution in [-0.4, -0.2) is 31.3 Å². The maximum Gasteiger partial charge on any atom is 0.343 e. The molecule has 2 aromatic carbocycles. The minimum Gasteiger partial charge on any atom is -0.477 e. The molecule has 0 aliphatic rings. The molecule has 0 spiro atoms. The summed E-state index contributed by atoms with van der Waals surface area (Å²) in [4.78, 5) is 39.1. The Morgan fingerprint density at radius 3 is 2.60 bits per heavy atom. The van der Waals surface area contributed by atoms with E-state index in [1.807, 2.05) is 41.1 Å². The fourth-order valence-corrected chi connectivity index (χ4v) is 3.13. The molecule has 0 aliphatic carbocycles. The highest BCUT2D eigenvalue weighted by Crippen LogP contribution is 2.25. The SMILES string of the molecule is O=C(Nc1cccc(-c2cn3ccccc3n2)c1)c1cccc([N+](=O)[O-])c1C(=O)O. The van der Waals surface area contributed by atoms with Gasteiger partial charge in [-0.1, -0.05) is 24.3 Å². The van der Waals surface area contributed by atoms with Gasteiger partial charge >= 0.3 is 5.97 Å². The number of nitrogens with zero attached hydrogens (tertiary/aromatic N) is 3. The molecule has 2 N–H and O–H groups in total. The van der Waals surface area contributed by atoms with Crippen LogP contribution in [0, 0.1) is 10.1 Å². The van der Waals surface area contributed by atoms with E-state index < -0.39 is 28.1 Å². The monoisotopic (exact) mass is 402 g/mol. The van der Waals surface area contributed by atoms with Crippen LogP contribution in [0.5, 0.6) is 0 Å². The topological polar surface area (TPSA) is 127 Å². The molecule has 0 saturated heterocycles. The van der Waals surface area contributed by atoms with Crippen LogP contribution < -0.4 is 5.32 Å². The van der Waals surface area contributed by atoms with Crippen LogP contribution >= 0.6 is 0 Å². The molecule has 4 rings (SSSR count). The Bertz CT molecular complexity index is 1280. The molecule has 148 valence electrons. The first-order valence-corrected chi connectivity index (χ1v) is 8.80. The zero-order valence-electron chi connectivity index (χ0n) is 15.4. The van der Waals surface area contributed by atoms with Crippen molar-refractivity contribution in [3.63, 3.8) is 0 Å². The van der Waals surface area contributed by atoms with E-state index in [-0.39, 0.29) is 5.56 Å². The number of imidazole rings is 1. The van der Waals surface area contributed by atoms with Crippen molar-refractivity contribution in [2.45, 2.75) is 0 Å². The predicted molar refractivity (Wildman–Crippen MR) is 109 cm³/mol. The van der Waals surface area contributed by atoms with Crippen molar-refractivity contribution in [3.8, 4) is 11.3 Å². The van der Waals surface area contributed by atoms with Crippen LogP contribution in [0.15, 0.2) is 73.1 Å². The number of carbonyl (C=O) groups is 2. The van der Waals surface area contributed by atoms with Crippen LogP contribution in [0.25, 0.3) is 16.9 Å². The number of fused-ring (bicyclic) bond motifs is 1. The molecule has 2 heterocycles. The Balaban J connectivity index is 1.66. The normalized spacial score (nSPS) is 10.7. The molecule has 30 heavy (non-hydrogen) atoms. The number of nitro groups is 1. The highest BCUT2D eigenvalue weighted by atomic mass is 16.6. The molecule has 0 saturated carbocycles. The number of nitrogens with one attached hydrogen (secondary N) is 1. The van der Waals surface area contributed by atoms with Gasteiger partial charge in [0.05, 0.1) is 16.2 Å². The van der Waals surface area contributed by atoms with E-state index in [1.54, 1.807) is 18.2 Å². The van der Waals surface area contributed by atoms with Crippen molar-refractivity contribution in [1.82, 2.24) is 9.38 Å². The van der Waals surface area contributed by atoms with Crippen LogP contribution in [0.4, 0.5) is 11.4 Å². The summed E-state index contributed by atoms with van der Waals surface area (Å²) >= 11 is 0. The van der Waals surface area contributed by atoms with Crippen molar-refractivity contribution in [2.75, 3.05) is 5.32 Å². The molecule has 9 heteroatoms. The molecule has 0 fully saturated rings. The van der Waals surface area contributed by atoms with Crippen molar-refractivity contribution >= 4 is 28.9 Å². The maximum absolute atomic E-state index is 12.7. The Morgan fingerprint density at radius 2 is 1.87 bits per heavy atom. The summed E-state index contributed by atoms with van der Waals surface area (Å²) in [7, 11) is 0. The fraction of sp³-hybridized carbons (Fsp3) is 0. The van der Waals surface area contributed by atoms with E-state index in [2.05, 4.69) is 10.3 Å². The van der Waals surface area contributed by atoms with Gasteiger partial charge in [0.25, 0.3) is 11.6 Å². The lowest BCUT2D eigenvalue weighted by Crippen LogP contribution is -2.17. The van der Waals surface area contributed by atoms with Crippen LogP contribution in [0.2, 0.25) is 0 Å². The predicted octanol–water partition coefficient (Wildman–Crippen LogP) is 3.86. The van der Waals surface area contributed by atoms with Gasteiger partial charge in [-0.3, -0.25) is 14.9 Å². The molecule has 0 atom stereocenters. The van der Waals surface area contributed by atoms with Gasteiger partial charge in [-0.2, -0.15) is 0 Å². The van der Waals surface area contributed by atoms with Gasteiger partial charge < -0.3 is 14.8 Å². The van der Waals surface area contributed by atoms with Gasteiger partial charge in [-0.05, 0) is 30.3 Å². The second-order valence-corrected chi connectivity index (χ2v) is 6.39. The summed E-state index contributed by atoms with van der Waals surface area (Å²) in [5.74, 6) is -2.31. The lowest BCUT2D eigenvalue weighted by Gasteiger charge is -2.09. The van der Waals surface area contributed by atoms with Gasteiger partial charge in [0.15, 0.2) is 0 Å². The van der Waals surface area contributed by atoms with Gasteiger partial charge in [0.2, 0.25) is 0 Å². The first kappa shape index (κ1) is 18.8. The Hall–Kier alpha value is -4.53. The molecule has 1 amide bonds. The minimum atomic E-state index is -1.55. The van der Waals surface area contributed by atoms with Gasteiger partial charge in [-0.25, -0.2) is 9.78 Å². The number of aromatic carboxylic acids is 1. The van der Waals surface area contributed by atoms with Crippen LogP contribution in [0.3, 0.4) is 0 Å². The average Bonchev–Trinajstić information content (AvgIpc) is 3.17. The largest absolute Gasteiger partial charge is 0.477 e. The number of benzene rings is 2. The van der Waals surface area contributed by atoms with E-state index in [4.69, 9.17) is 0 Å². The number of carboxylic acids is 1. The molecule has 0 bridgehead atoms. The quantitative estimate of drug-likeness (QED) is 0.385. The molecule has 2 aromatic heterocycles. The molecule has 0 radical (unpaired) electrons. The minimum absolute atomic E-state index is 0.296. The van der Waals surface area contributed by atoms with Crippen molar-refractivity contribution in [3.05, 3.63) is 94.3 Å². The van der Waals surface area contributed by atoms with Crippen LogP contribution in [0.1, 0.15) is 20.7 Å². The smallest absolute Gasteiger partial charge is 0.343 e. The highest BCUT2D eigenvalue weighted by molar-refractivity contribution is 6.12. The van der Waals surface area contributed by atoms with Gasteiger partial charge in [-0.15, -0.1) is 0 Å². The van der Waals surface area contributed by atoms with Crippen molar-refractivity contribution in [2.24, 2.45) is 0 Å². The number of carbonyl (C=O) groups excluding carboxylic acids is 1. The van der Waals surface area contributed by atoms with Crippen LogP contribution in [-0.2, 0) is 0 Å². The first-order valence-electron chi connectivity index (χ1n) is 8.80. The Kier molecular flexibility index (Phi) is 4.69. The second-order valence-electron chi connectivity index (χ2n) is 6.39. The summed E-state index contributed by atoms with van der Waals surface area (Å²) < 4.78 is 1.86. The van der Waals surface area contributed by atoms with E-state index in [0.717, 1.165) is 17.3 Å². The molecular formula is C21H14N4O5. The fourth-order valence-electron chi connectivity index (χ4n) is 3.13. The van der Waals surface area contributed by atoms with E-state index in [0.29, 0.717) is 11.4 Å². The van der Waals surface area contributed by atoms with Crippen molar-refractivity contribution in [1.29, 1.82) is 0 Å². The van der Waals surface area contributed by atoms with E-state index in [9.17, 15) is 24.8 Å². The Labute approximate surface area is 169 Å². The Morgan fingerprint density at radius 1 is 1.07 bits per heavy atom. The third kappa shape index (κ3) is 3.47. The number of amides is 1. The number of hydrogen-bond acceptors (Lipinski definition) is 5. The van der Waals surface area contributed by atoms with Gasteiger partial charge in [0, 0.05) is 29.7 Å². The molecule has 0 aliphatic heterocycles. The lowest BCUT2D eigenvalue weighted by molar-refractivity contribution is -0.385. The second kappa shape index (κ2) is 7.47. The molecule has 4 aromatic rings. The van der Waals surface area contributed by atoms with E-state index >= 15 is 0 Å². The average molecular weight is 402 g/mol. The van der Waals surface area contributed by atoms with Gasteiger partial charge in [0.1, 0.15) is 11.2 Å². The standard InChI is InChI=1S/C21H14N4O5/c26-20(15-7-4-8-17(25(29)30)19(15)21(27)28)22-14-6-3-5-13(11-14)16-12-24-10-2-1-9-18(24)23-16/h1-12H,(H,22,26)(H,27,28). The number of pyridine rings is 1. The number of aromatic nitrogens is 2. The molecule has 9 nitrogen and oxygen atoms in total. The first-order chi connectivity index (χ1) is 14.4. The number of hydrogen-bond donors (Lipinski definition) is 2. The van der Waals surface area contributed by atoms with Crippen molar-refractivity contribution < 1.29 is 19.6 Å². The summed E-state index contributed by atoms with van der Waals surface area (Å²) in [5.41, 5.74) is 1.01. The highest BCUT2D eigenvalue weighted by Gasteiger charge is 2.27. The summed E-state index contributed by atoms with van der Waals surface area (Å²) in [6.45, 7) is 0. The third-order valence-corrected chi connectivity index (χ3v) is 4.48. The zero-order valence-corrected chi connectivity index (χ0v) is 15.4. The summed E-state index contributed by atoms with van der Waals surface area (Å²) in [6.07, 6.45) is 3.71. The van der Waals surface area contributed by atoms with E-state index in [1.165, 1.54) is 12.1 Å². The summed E-state index contributed by atoms with van der Waals surface area (Å²) in [6, 6.07) is 16.1. The number of anilines is 1. The number of carboxylic acid groups (broad SMARTS) is 1. The molecule has 0 unspecified atom stereocenters. The molecular weight excluding hydrogens is 388 g/mol. The number of rotatable bonds is 5. The lowest BCUT2D eigenvalue weighted by atomic mass is 10.0. The third-order valence-electron chi connectivity index (χ3n) is 4.48.